The molecule has 2 rings (SSSR count). The summed E-state index contributed by atoms with van der Waals surface area (Å²) in [7, 11) is 0. The maximum atomic E-state index is 12.9. The van der Waals surface area contributed by atoms with Gasteiger partial charge in [0.05, 0.1) is 0 Å². The van der Waals surface area contributed by atoms with E-state index < -0.39 is 0 Å². The maximum absolute atomic E-state index is 12.9. The van der Waals surface area contributed by atoms with Gasteiger partial charge in [0.2, 0.25) is 5.91 Å². The molecule has 1 aliphatic rings. The first-order chi connectivity index (χ1) is 12.1. The largest absolute Gasteiger partial charge is 0.353 e. The molecule has 140 valence electrons. The van der Waals surface area contributed by atoms with Crippen molar-refractivity contribution >= 4 is 5.91 Å². The molecule has 0 spiro atoms. The van der Waals surface area contributed by atoms with Crippen LogP contribution < -0.4 is 5.32 Å². The van der Waals surface area contributed by atoms with Gasteiger partial charge in [0, 0.05) is 11.5 Å². The van der Waals surface area contributed by atoms with Crippen molar-refractivity contribution in [2.24, 2.45) is 5.41 Å². The van der Waals surface area contributed by atoms with Gasteiger partial charge in [-0.25, -0.2) is 0 Å². The number of carbonyl (C=O) groups is 1. The second-order valence-electron chi connectivity index (χ2n) is 8.48. The third kappa shape index (κ3) is 7.63. The highest BCUT2D eigenvalue weighted by molar-refractivity contribution is 5.82. The van der Waals surface area contributed by atoms with Crippen LogP contribution in [-0.2, 0) is 11.2 Å². The van der Waals surface area contributed by atoms with Crippen molar-refractivity contribution < 1.29 is 4.79 Å². The Bertz CT molecular complexity index is 482. The molecule has 2 nitrogen and oxygen atoms in total. The van der Waals surface area contributed by atoms with Crippen LogP contribution in [0.15, 0.2) is 30.3 Å². The van der Waals surface area contributed by atoms with Crippen LogP contribution in [0.2, 0.25) is 0 Å². The first-order valence-electron chi connectivity index (χ1n) is 10.4. The lowest BCUT2D eigenvalue weighted by atomic mass is 9.84. The van der Waals surface area contributed by atoms with E-state index >= 15 is 0 Å². The van der Waals surface area contributed by atoms with E-state index in [1.165, 1.54) is 63.4 Å². The van der Waals surface area contributed by atoms with E-state index in [-0.39, 0.29) is 11.3 Å². The van der Waals surface area contributed by atoms with Gasteiger partial charge in [-0.2, -0.15) is 0 Å². The number of rotatable bonds is 4. The van der Waals surface area contributed by atoms with Crippen molar-refractivity contribution in [3.05, 3.63) is 35.9 Å². The van der Waals surface area contributed by atoms with Gasteiger partial charge >= 0.3 is 0 Å². The minimum Gasteiger partial charge on any atom is -0.353 e. The molecule has 1 aromatic rings. The number of carbonyl (C=O) groups excluding carboxylic acids is 1. The summed E-state index contributed by atoms with van der Waals surface area (Å²) in [5.41, 5.74) is 0.881. The summed E-state index contributed by atoms with van der Waals surface area (Å²) in [6.07, 6.45) is 15.1. The predicted molar refractivity (Wildman–Crippen MR) is 107 cm³/mol. The van der Waals surface area contributed by atoms with Gasteiger partial charge in [0.1, 0.15) is 0 Å². The second-order valence-corrected chi connectivity index (χ2v) is 8.48. The molecule has 1 saturated carbocycles. The molecule has 1 amide bonds. The highest BCUT2D eigenvalue weighted by Gasteiger charge is 2.29. The minimum absolute atomic E-state index is 0.216. The third-order valence-electron chi connectivity index (χ3n) is 5.54. The molecular formula is C23H37NO. The van der Waals surface area contributed by atoms with E-state index in [1.807, 2.05) is 6.07 Å². The molecule has 0 aliphatic heterocycles. The van der Waals surface area contributed by atoms with E-state index in [4.69, 9.17) is 0 Å². The topological polar surface area (TPSA) is 29.1 Å². The summed E-state index contributed by atoms with van der Waals surface area (Å²) in [4.78, 5) is 12.9. The normalized spacial score (nSPS) is 18.8. The zero-order valence-electron chi connectivity index (χ0n) is 16.4. The van der Waals surface area contributed by atoms with Crippen molar-refractivity contribution in [2.45, 2.75) is 96.9 Å². The zero-order chi connectivity index (χ0) is 18.0. The van der Waals surface area contributed by atoms with Crippen LogP contribution in [0.1, 0.15) is 90.0 Å². The molecule has 0 bridgehead atoms. The molecule has 0 unspecified atom stereocenters. The Morgan fingerprint density at radius 1 is 0.880 bits per heavy atom. The summed E-state index contributed by atoms with van der Waals surface area (Å²) >= 11 is 0. The lowest BCUT2D eigenvalue weighted by Gasteiger charge is -2.28. The van der Waals surface area contributed by atoms with E-state index in [9.17, 15) is 4.79 Å². The summed E-state index contributed by atoms with van der Waals surface area (Å²) in [6.45, 7) is 4.15. The van der Waals surface area contributed by atoms with Crippen molar-refractivity contribution in [1.29, 1.82) is 0 Å². The Labute approximate surface area is 154 Å². The lowest BCUT2D eigenvalue weighted by Crippen LogP contribution is -2.44. The molecule has 1 N–H and O–H groups in total. The molecule has 0 aromatic heterocycles. The Morgan fingerprint density at radius 3 is 1.88 bits per heavy atom. The Hall–Kier alpha value is -1.31. The summed E-state index contributed by atoms with van der Waals surface area (Å²) in [6, 6.07) is 10.7. The summed E-state index contributed by atoms with van der Waals surface area (Å²) < 4.78 is 0. The molecule has 2 heteroatoms. The first kappa shape index (κ1) is 20.0. The van der Waals surface area contributed by atoms with E-state index in [1.54, 1.807) is 0 Å². The van der Waals surface area contributed by atoms with Crippen LogP contribution in [0.4, 0.5) is 0 Å². The quantitative estimate of drug-likeness (QED) is 0.709. The van der Waals surface area contributed by atoms with Crippen LogP contribution in [-0.4, -0.2) is 11.9 Å². The van der Waals surface area contributed by atoms with Gasteiger partial charge in [-0.15, -0.1) is 0 Å². The fourth-order valence-corrected chi connectivity index (χ4v) is 3.87. The number of nitrogens with one attached hydrogen (secondary N) is 1. The third-order valence-corrected chi connectivity index (χ3v) is 5.54. The van der Waals surface area contributed by atoms with Gasteiger partial charge in [-0.3, -0.25) is 4.79 Å². The van der Waals surface area contributed by atoms with Crippen molar-refractivity contribution in [2.75, 3.05) is 0 Å². The van der Waals surface area contributed by atoms with Gasteiger partial charge in [0.15, 0.2) is 0 Å². The van der Waals surface area contributed by atoms with Crippen LogP contribution in [0.25, 0.3) is 0 Å². The maximum Gasteiger partial charge on any atom is 0.226 e. The summed E-state index contributed by atoms with van der Waals surface area (Å²) in [5, 5.41) is 3.39. The Balaban J connectivity index is 1.88. The molecule has 1 fully saturated rings. The number of amides is 1. The van der Waals surface area contributed by atoms with Crippen molar-refractivity contribution in [1.82, 2.24) is 5.32 Å². The summed E-state index contributed by atoms with van der Waals surface area (Å²) in [5.74, 6) is 0.216. The lowest BCUT2D eigenvalue weighted by molar-refractivity contribution is -0.130. The Morgan fingerprint density at radius 2 is 1.36 bits per heavy atom. The number of hydrogen-bond donors (Lipinski definition) is 1. The molecule has 0 atom stereocenters. The van der Waals surface area contributed by atoms with Crippen LogP contribution in [0.5, 0.6) is 0 Å². The molecular weight excluding hydrogens is 306 g/mol. The second kappa shape index (κ2) is 10.6. The molecule has 1 aromatic carbocycles. The molecule has 1 aliphatic carbocycles. The van der Waals surface area contributed by atoms with E-state index in [0.717, 1.165) is 19.3 Å². The van der Waals surface area contributed by atoms with Gasteiger partial charge in [-0.05, 0) is 24.8 Å². The van der Waals surface area contributed by atoms with Gasteiger partial charge in [-0.1, -0.05) is 102 Å². The van der Waals surface area contributed by atoms with E-state index in [0.29, 0.717) is 6.04 Å². The standard InChI is InChI=1S/C23H37NO/c1-23(2,19-20-15-11-10-12-16-20)22(25)24-21-17-13-8-6-4-3-5-7-9-14-18-21/h10-12,15-16,21H,3-9,13-14,17-19H2,1-2H3,(H,24,25). The van der Waals surface area contributed by atoms with Crippen molar-refractivity contribution in [3.63, 3.8) is 0 Å². The SMILES string of the molecule is CC(C)(Cc1ccccc1)C(=O)NC1CCCCCCCCCCC1. The first-order valence-corrected chi connectivity index (χ1v) is 10.4. The number of hydrogen-bond acceptors (Lipinski definition) is 1. The van der Waals surface area contributed by atoms with E-state index in [2.05, 4.69) is 43.4 Å². The van der Waals surface area contributed by atoms with Gasteiger partial charge in [0.25, 0.3) is 0 Å². The highest BCUT2D eigenvalue weighted by atomic mass is 16.2. The van der Waals surface area contributed by atoms with Gasteiger partial charge < -0.3 is 5.32 Å². The van der Waals surface area contributed by atoms with Crippen LogP contribution >= 0.6 is 0 Å². The van der Waals surface area contributed by atoms with Crippen LogP contribution in [0, 0.1) is 5.41 Å². The Kier molecular flexibility index (Phi) is 8.51. The average molecular weight is 344 g/mol. The molecule has 0 radical (unpaired) electrons. The number of benzene rings is 1. The average Bonchev–Trinajstić information content (AvgIpc) is 2.57. The predicted octanol–water partition coefficient (Wildman–Crippen LogP) is 6.04. The smallest absolute Gasteiger partial charge is 0.226 e. The van der Waals surface area contributed by atoms with Crippen molar-refractivity contribution in [3.8, 4) is 0 Å². The monoisotopic (exact) mass is 343 g/mol. The molecule has 25 heavy (non-hydrogen) atoms. The molecule has 0 saturated heterocycles. The molecule has 0 heterocycles. The zero-order valence-corrected chi connectivity index (χ0v) is 16.4. The fourth-order valence-electron chi connectivity index (χ4n) is 3.87. The van der Waals surface area contributed by atoms with Crippen LogP contribution in [0.3, 0.4) is 0 Å². The minimum atomic E-state index is -0.356. The fraction of sp³-hybridized carbons (Fsp3) is 0.696. The highest BCUT2D eigenvalue weighted by Crippen LogP contribution is 2.24.